The molecule has 0 fully saturated rings. The Morgan fingerprint density at radius 1 is 1.19 bits per heavy atom. The molecule has 1 aliphatic heterocycles. The highest BCUT2D eigenvalue weighted by Gasteiger charge is 2.45. The highest BCUT2D eigenvalue weighted by Crippen LogP contribution is 2.45. The van der Waals surface area contributed by atoms with Crippen molar-refractivity contribution in [1.29, 1.82) is 0 Å². The molecule has 0 aliphatic carbocycles. The van der Waals surface area contributed by atoms with Crippen molar-refractivity contribution >= 4 is 65.2 Å². The van der Waals surface area contributed by atoms with Crippen molar-refractivity contribution in [2.75, 3.05) is 12.0 Å². The lowest BCUT2D eigenvalue weighted by atomic mass is 9.98. The van der Waals surface area contributed by atoms with Crippen LogP contribution in [0.1, 0.15) is 32.7 Å². The van der Waals surface area contributed by atoms with Gasteiger partial charge in [0, 0.05) is 4.47 Å². The zero-order valence-corrected chi connectivity index (χ0v) is 20.5. The fourth-order valence-electron chi connectivity index (χ4n) is 3.75. The quantitative estimate of drug-likeness (QED) is 0.367. The van der Waals surface area contributed by atoms with E-state index in [1.54, 1.807) is 37.3 Å². The molecule has 1 unspecified atom stereocenters. The molecule has 8 nitrogen and oxygen atoms in total. The summed E-state index contributed by atoms with van der Waals surface area (Å²) in [5.41, 5.74) is 0.706. The topological polar surface area (TPSA) is 106 Å². The van der Waals surface area contributed by atoms with Crippen LogP contribution in [-0.2, 0) is 0 Å². The number of carbonyl (C=O) groups is 1. The second kappa shape index (κ2) is 7.68. The minimum absolute atomic E-state index is 0.0501. The number of ether oxygens (including phenoxy) is 1. The summed E-state index contributed by atoms with van der Waals surface area (Å²) in [5.74, 6) is -0.442. The molecule has 0 saturated heterocycles. The van der Waals surface area contributed by atoms with Crippen molar-refractivity contribution in [1.82, 2.24) is 10.2 Å². The molecule has 2 aromatic carbocycles. The summed E-state index contributed by atoms with van der Waals surface area (Å²) in [6.07, 6.45) is 0. The van der Waals surface area contributed by atoms with E-state index >= 15 is 0 Å². The van der Waals surface area contributed by atoms with Crippen molar-refractivity contribution in [3.05, 3.63) is 71.4 Å². The number of methoxy groups -OCH3 is 1. The number of halogens is 2. The van der Waals surface area contributed by atoms with Crippen molar-refractivity contribution < 1.29 is 19.1 Å². The van der Waals surface area contributed by atoms with Gasteiger partial charge in [-0.15, -0.1) is 10.2 Å². The first kappa shape index (κ1) is 21.1. The summed E-state index contributed by atoms with van der Waals surface area (Å²) in [7, 11) is 1.42. The van der Waals surface area contributed by atoms with E-state index in [1.807, 2.05) is 0 Å². The van der Waals surface area contributed by atoms with E-state index in [9.17, 15) is 14.7 Å². The van der Waals surface area contributed by atoms with E-state index in [0.717, 1.165) is 0 Å². The monoisotopic (exact) mass is 577 g/mol. The van der Waals surface area contributed by atoms with Crippen LogP contribution in [0.5, 0.6) is 11.5 Å². The van der Waals surface area contributed by atoms with Gasteiger partial charge in [0.15, 0.2) is 16.9 Å². The number of hydrogen-bond acceptors (Lipinski definition) is 8. The van der Waals surface area contributed by atoms with Gasteiger partial charge in [-0.3, -0.25) is 14.5 Å². The summed E-state index contributed by atoms with van der Waals surface area (Å²) in [6.45, 7) is 1.78. The van der Waals surface area contributed by atoms with Crippen LogP contribution in [0.2, 0.25) is 0 Å². The van der Waals surface area contributed by atoms with Crippen molar-refractivity contribution in [3.8, 4) is 11.5 Å². The van der Waals surface area contributed by atoms with E-state index in [-0.39, 0.29) is 28.3 Å². The lowest BCUT2D eigenvalue weighted by Gasteiger charge is -2.23. The van der Waals surface area contributed by atoms with Gasteiger partial charge >= 0.3 is 0 Å². The van der Waals surface area contributed by atoms with Crippen LogP contribution < -0.4 is 15.1 Å². The summed E-state index contributed by atoms with van der Waals surface area (Å²) in [4.78, 5) is 28.5. The number of carbonyl (C=O) groups excluding carboxylic acids is 1. The summed E-state index contributed by atoms with van der Waals surface area (Å²) < 4.78 is 12.3. The number of fused-ring (bicyclic) bond motifs is 2. The molecule has 0 bridgehead atoms. The Balaban J connectivity index is 1.85. The summed E-state index contributed by atoms with van der Waals surface area (Å²) in [6, 6.07) is 7.41. The number of hydrogen-bond donors (Lipinski definition) is 1. The molecule has 32 heavy (non-hydrogen) atoms. The zero-order valence-electron chi connectivity index (χ0n) is 16.6. The molecule has 0 saturated carbocycles. The van der Waals surface area contributed by atoms with E-state index in [4.69, 9.17) is 9.15 Å². The van der Waals surface area contributed by atoms with Crippen LogP contribution in [0.4, 0.5) is 5.13 Å². The molecule has 1 atom stereocenters. The van der Waals surface area contributed by atoms with E-state index in [0.29, 0.717) is 35.6 Å². The number of aromatic nitrogens is 2. The molecular weight excluding hydrogens is 566 g/mol. The third kappa shape index (κ3) is 3.14. The third-order valence-electron chi connectivity index (χ3n) is 5.14. The van der Waals surface area contributed by atoms with Gasteiger partial charge in [-0.05, 0) is 58.7 Å². The number of rotatable bonds is 3. The molecule has 1 amide bonds. The van der Waals surface area contributed by atoms with Crippen LogP contribution in [0.3, 0.4) is 0 Å². The highest BCUT2D eigenvalue weighted by atomic mass is 79.9. The largest absolute Gasteiger partial charge is 0.503 e. The van der Waals surface area contributed by atoms with Gasteiger partial charge in [-0.1, -0.05) is 27.3 Å². The Morgan fingerprint density at radius 2 is 1.97 bits per heavy atom. The van der Waals surface area contributed by atoms with E-state index in [1.165, 1.54) is 23.3 Å². The molecule has 0 spiro atoms. The van der Waals surface area contributed by atoms with Gasteiger partial charge < -0.3 is 14.3 Å². The second-order valence-corrected chi connectivity index (χ2v) is 9.98. The van der Waals surface area contributed by atoms with Crippen molar-refractivity contribution in [2.24, 2.45) is 0 Å². The number of benzene rings is 2. The summed E-state index contributed by atoms with van der Waals surface area (Å²) in [5, 5.41) is 19.8. The van der Waals surface area contributed by atoms with Gasteiger partial charge in [0.25, 0.3) is 5.91 Å². The van der Waals surface area contributed by atoms with Crippen LogP contribution in [-0.4, -0.2) is 28.3 Å². The highest BCUT2D eigenvalue weighted by molar-refractivity contribution is 9.10. The molecule has 162 valence electrons. The first-order valence-corrected chi connectivity index (χ1v) is 11.7. The molecule has 2 aromatic heterocycles. The number of anilines is 1. The first-order chi connectivity index (χ1) is 15.3. The van der Waals surface area contributed by atoms with Gasteiger partial charge in [0.1, 0.15) is 10.6 Å². The molecule has 4 aromatic rings. The van der Waals surface area contributed by atoms with Crippen LogP contribution >= 0.6 is 43.2 Å². The smallest absolute Gasteiger partial charge is 0.297 e. The number of aryl methyl sites for hydroxylation is 1. The molecular formula is C21H13Br2N3O5S. The lowest BCUT2D eigenvalue weighted by molar-refractivity contribution is 0.0970. The Bertz CT molecular complexity index is 1480. The maximum absolute atomic E-state index is 13.6. The Hall–Kier alpha value is -2.76. The maximum atomic E-state index is 13.6. The molecule has 1 aliphatic rings. The molecule has 11 heteroatoms. The van der Waals surface area contributed by atoms with E-state index < -0.39 is 11.9 Å². The van der Waals surface area contributed by atoms with E-state index in [2.05, 4.69) is 42.1 Å². The van der Waals surface area contributed by atoms with Crippen LogP contribution in [0, 0.1) is 6.92 Å². The maximum Gasteiger partial charge on any atom is 0.297 e. The minimum atomic E-state index is -0.852. The van der Waals surface area contributed by atoms with Crippen molar-refractivity contribution in [3.63, 3.8) is 0 Å². The first-order valence-electron chi connectivity index (χ1n) is 9.26. The predicted octanol–water partition coefficient (Wildman–Crippen LogP) is 4.94. The second-order valence-electron chi connectivity index (χ2n) is 7.05. The Labute approximate surface area is 201 Å². The van der Waals surface area contributed by atoms with Gasteiger partial charge in [-0.2, -0.15) is 0 Å². The lowest BCUT2D eigenvalue weighted by Crippen LogP contribution is -2.29. The fourth-order valence-corrected chi connectivity index (χ4v) is 5.28. The molecule has 3 heterocycles. The zero-order chi connectivity index (χ0) is 22.7. The number of nitrogens with zero attached hydrogens (tertiary/aromatic N) is 3. The van der Waals surface area contributed by atoms with Crippen LogP contribution in [0.25, 0.3) is 11.0 Å². The average Bonchev–Trinajstić information content (AvgIpc) is 3.31. The number of amides is 1. The third-order valence-corrected chi connectivity index (χ3v) is 7.08. The molecule has 1 N–H and O–H groups in total. The fraction of sp³-hybridized carbons (Fsp3) is 0.143. The number of phenols is 1. The standard InChI is InChI=1S/C21H13Br2N3O5S/c1-8-24-25-21(32-8)26-16(9-5-12(23)18(28)14(6-9)30-2)15-17(27)11-7-10(22)3-4-13(11)31-19(15)20(26)29/h3-7,16,28H,1-2H3. The summed E-state index contributed by atoms with van der Waals surface area (Å²) >= 11 is 7.93. The molecule has 0 radical (unpaired) electrons. The van der Waals surface area contributed by atoms with Gasteiger partial charge in [-0.25, -0.2) is 0 Å². The minimum Gasteiger partial charge on any atom is -0.503 e. The molecule has 5 rings (SSSR count). The Morgan fingerprint density at radius 3 is 2.66 bits per heavy atom. The van der Waals surface area contributed by atoms with Crippen LogP contribution in [0.15, 0.2) is 48.5 Å². The number of aromatic hydroxyl groups is 1. The normalized spacial score (nSPS) is 15.4. The SMILES string of the molecule is COc1cc(C2c3c(oc4ccc(Br)cc4c3=O)C(=O)N2c2nnc(C)s2)cc(Br)c1O. The average molecular weight is 579 g/mol. The number of phenolic OH excluding ortho intramolecular Hbond substituents is 1. The Kier molecular flexibility index (Phi) is 5.06. The van der Waals surface area contributed by atoms with Crippen molar-refractivity contribution in [2.45, 2.75) is 13.0 Å². The predicted molar refractivity (Wildman–Crippen MR) is 126 cm³/mol. The van der Waals surface area contributed by atoms with Gasteiger partial charge in [0.05, 0.1) is 28.6 Å². The van der Waals surface area contributed by atoms with Gasteiger partial charge in [0.2, 0.25) is 10.9 Å².